The molecule has 31 heavy (non-hydrogen) atoms. The van der Waals surface area contributed by atoms with Crippen LogP contribution in [-0.2, 0) is 25.5 Å². The summed E-state index contributed by atoms with van der Waals surface area (Å²) in [5.74, 6) is -1.67. The number of aliphatic imine (C=N–C) groups is 1. The van der Waals surface area contributed by atoms with Crippen LogP contribution >= 0.6 is 11.6 Å². The zero-order valence-corrected chi connectivity index (χ0v) is 18.2. The minimum atomic E-state index is -1.00. The number of alkyl halides is 1. The van der Waals surface area contributed by atoms with Crippen LogP contribution < -0.4 is 17.2 Å². The molecule has 1 fully saturated rings. The number of esters is 1. The number of nitrogens with zero attached hydrogens (tertiary/aromatic N) is 2. The number of Topliss-reactive ketones (excluding diaryl/α,β-unsaturated/α-hetero) is 1. The zero-order chi connectivity index (χ0) is 22.8. The molecule has 1 amide bonds. The van der Waals surface area contributed by atoms with Crippen LogP contribution in [0.25, 0.3) is 0 Å². The number of amides is 1. The Morgan fingerprint density at radius 1 is 1.23 bits per heavy atom. The van der Waals surface area contributed by atoms with E-state index in [4.69, 9.17) is 33.5 Å². The van der Waals surface area contributed by atoms with Gasteiger partial charge in [-0.05, 0) is 37.7 Å². The van der Waals surface area contributed by atoms with Crippen LogP contribution in [0.5, 0.6) is 0 Å². The number of nitrogens with two attached hydrogens (primary N) is 3. The second kappa shape index (κ2) is 12.3. The van der Waals surface area contributed by atoms with Crippen LogP contribution in [0.1, 0.15) is 31.2 Å². The molecule has 0 radical (unpaired) electrons. The van der Waals surface area contributed by atoms with E-state index in [9.17, 15) is 14.4 Å². The second-order valence-electron chi connectivity index (χ2n) is 7.46. The summed E-state index contributed by atoms with van der Waals surface area (Å²) in [7, 11) is 0. The van der Waals surface area contributed by atoms with Crippen LogP contribution in [0, 0.1) is 0 Å². The fraction of sp³-hybridized carbons (Fsp3) is 0.524. The van der Waals surface area contributed by atoms with Gasteiger partial charge in [0.2, 0.25) is 5.91 Å². The third kappa shape index (κ3) is 7.52. The predicted octanol–water partition coefficient (Wildman–Crippen LogP) is 0.321. The van der Waals surface area contributed by atoms with Gasteiger partial charge in [-0.1, -0.05) is 30.3 Å². The van der Waals surface area contributed by atoms with Crippen molar-refractivity contribution in [3.63, 3.8) is 0 Å². The molecule has 9 nitrogen and oxygen atoms in total. The lowest BCUT2D eigenvalue weighted by Crippen LogP contribution is -2.50. The molecule has 1 aliphatic heterocycles. The quantitative estimate of drug-likeness (QED) is 0.144. The molecule has 0 unspecified atom stereocenters. The molecule has 1 aromatic rings. The summed E-state index contributed by atoms with van der Waals surface area (Å²) < 4.78 is 5.45. The van der Waals surface area contributed by atoms with Crippen LogP contribution in [0.4, 0.5) is 0 Å². The second-order valence-corrected chi connectivity index (χ2v) is 7.73. The molecule has 1 aromatic carbocycles. The lowest BCUT2D eigenvalue weighted by atomic mass is 10.1. The van der Waals surface area contributed by atoms with Gasteiger partial charge in [-0.15, -0.1) is 11.6 Å². The summed E-state index contributed by atoms with van der Waals surface area (Å²) in [5.41, 5.74) is 17.6. The summed E-state index contributed by atoms with van der Waals surface area (Å²) in [6, 6.07) is 7.90. The number of carbonyl (C=O) groups is 3. The van der Waals surface area contributed by atoms with Crippen molar-refractivity contribution in [3.05, 3.63) is 35.9 Å². The van der Waals surface area contributed by atoms with Gasteiger partial charge in [-0.3, -0.25) is 14.6 Å². The van der Waals surface area contributed by atoms with E-state index >= 15 is 0 Å². The maximum absolute atomic E-state index is 12.9. The Bertz CT molecular complexity index is 785. The number of carbonyl (C=O) groups excluding carboxylic acids is 3. The molecule has 3 atom stereocenters. The molecular formula is C21H30ClN5O4. The highest BCUT2D eigenvalue weighted by atomic mass is 35.5. The van der Waals surface area contributed by atoms with Crippen molar-refractivity contribution < 1.29 is 19.1 Å². The number of ether oxygens (including phenoxy) is 1. The first-order chi connectivity index (χ1) is 14.8. The van der Waals surface area contributed by atoms with Crippen molar-refractivity contribution in [1.29, 1.82) is 0 Å². The number of ketones is 1. The first kappa shape index (κ1) is 24.6. The summed E-state index contributed by atoms with van der Waals surface area (Å²) in [6.45, 7) is 0.716. The van der Waals surface area contributed by atoms with Gasteiger partial charge in [0.15, 0.2) is 17.8 Å². The average Bonchev–Trinajstić information content (AvgIpc) is 3.25. The lowest BCUT2D eigenvalue weighted by molar-refractivity contribution is -0.161. The number of hydrogen-bond donors (Lipinski definition) is 3. The highest BCUT2D eigenvalue weighted by Gasteiger charge is 2.38. The molecule has 6 N–H and O–H groups in total. The first-order valence-corrected chi connectivity index (χ1v) is 10.8. The van der Waals surface area contributed by atoms with Crippen LogP contribution in [0.15, 0.2) is 35.3 Å². The maximum Gasteiger partial charge on any atom is 0.329 e. The number of rotatable bonds is 11. The minimum absolute atomic E-state index is 0.0517. The highest BCUT2D eigenvalue weighted by molar-refractivity contribution is 6.28. The van der Waals surface area contributed by atoms with Gasteiger partial charge in [0, 0.05) is 13.1 Å². The van der Waals surface area contributed by atoms with E-state index in [0.717, 1.165) is 5.56 Å². The summed E-state index contributed by atoms with van der Waals surface area (Å²) in [4.78, 5) is 43.1. The van der Waals surface area contributed by atoms with E-state index in [0.29, 0.717) is 38.8 Å². The summed E-state index contributed by atoms with van der Waals surface area (Å²) >= 11 is 5.66. The molecule has 0 spiro atoms. The Hall–Kier alpha value is -2.65. The van der Waals surface area contributed by atoms with Crippen molar-refractivity contribution in [2.24, 2.45) is 22.2 Å². The van der Waals surface area contributed by atoms with E-state index in [1.54, 1.807) is 0 Å². The Kier molecular flexibility index (Phi) is 9.74. The van der Waals surface area contributed by atoms with Crippen LogP contribution in [0.3, 0.4) is 0 Å². The van der Waals surface area contributed by atoms with Crippen molar-refractivity contribution in [2.75, 3.05) is 19.0 Å². The smallest absolute Gasteiger partial charge is 0.329 e. The zero-order valence-electron chi connectivity index (χ0n) is 17.4. The number of benzene rings is 1. The molecule has 10 heteroatoms. The average molecular weight is 452 g/mol. The molecule has 2 rings (SSSR count). The number of guanidine groups is 1. The molecule has 0 bridgehead atoms. The fourth-order valence-corrected chi connectivity index (χ4v) is 3.69. The molecule has 0 saturated carbocycles. The van der Waals surface area contributed by atoms with Crippen molar-refractivity contribution in [2.45, 2.75) is 50.3 Å². The van der Waals surface area contributed by atoms with Gasteiger partial charge in [-0.25, -0.2) is 4.79 Å². The van der Waals surface area contributed by atoms with Gasteiger partial charge in [0.25, 0.3) is 0 Å². The molecular weight excluding hydrogens is 422 g/mol. The lowest BCUT2D eigenvalue weighted by Gasteiger charge is -2.27. The van der Waals surface area contributed by atoms with Crippen LogP contribution in [0.2, 0.25) is 0 Å². The largest absolute Gasteiger partial charge is 0.453 e. The molecule has 1 heterocycles. The van der Waals surface area contributed by atoms with Gasteiger partial charge in [-0.2, -0.15) is 0 Å². The summed E-state index contributed by atoms with van der Waals surface area (Å²) in [6.07, 6.45) is 1.15. The van der Waals surface area contributed by atoms with Gasteiger partial charge in [0.1, 0.15) is 6.04 Å². The monoisotopic (exact) mass is 451 g/mol. The van der Waals surface area contributed by atoms with E-state index in [1.165, 1.54) is 4.90 Å². The van der Waals surface area contributed by atoms with Gasteiger partial charge >= 0.3 is 5.97 Å². The van der Waals surface area contributed by atoms with E-state index < -0.39 is 29.9 Å². The van der Waals surface area contributed by atoms with E-state index in [2.05, 4.69) is 4.99 Å². The molecule has 170 valence electrons. The number of halogens is 1. The molecule has 0 aromatic heterocycles. The Morgan fingerprint density at radius 2 is 1.94 bits per heavy atom. The van der Waals surface area contributed by atoms with Crippen LogP contribution in [-0.4, -0.2) is 65.7 Å². The maximum atomic E-state index is 12.9. The molecule has 1 aliphatic rings. The fourth-order valence-electron chi connectivity index (χ4n) is 3.52. The standard InChI is InChI=1S/C21H30ClN5O4/c22-13-17(28)18(9-4-10-26-21(24)25)31-20(30)16-8-5-11-27(16)19(29)15(23)12-14-6-2-1-3-7-14/h1-3,6-7,15-16,18H,4-5,8-13,23H2,(H4,24,25,26)/t15-,16+,18+/m1/s1. The van der Waals surface area contributed by atoms with Crippen molar-refractivity contribution in [1.82, 2.24) is 4.90 Å². The Labute approximate surface area is 186 Å². The first-order valence-electron chi connectivity index (χ1n) is 10.3. The van der Waals surface area contributed by atoms with E-state index in [-0.39, 0.29) is 24.2 Å². The predicted molar refractivity (Wildman–Crippen MR) is 118 cm³/mol. The number of hydrogen-bond acceptors (Lipinski definition) is 6. The highest BCUT2D eigenvalue weighted by Crippen LogP contribution is 2.21. The van der Waals surface area contributed by atoms with Gasteiger partial charge in [0.05, 0.1) is 11.9 Å². The summed E-state index contributed by atoms with van der Waals surface area (Å²) in [5, 5.41) is 0. The molecule has 1 saturated heterocycles. The normalized spacial score (nSPS) is 17.6. The van der Waals surface area contributed by atoms with E-state index in [1.807, 2.05) is 30.3 Å². The third-order valence-corrected chi connectivity index (χ3v) is 5.36. The Balaban J connectivity index is 1.98. The van der Waals surface area contributed by atoms with Crippen molar-refractivity contribution in [3.8, 4) is 0 Å². The minimum Gasteiger partial charge on any atom is -0.453 e. The Morgan fingerprint density at radius 3 is 2.58 bits per heavy atom. The molecule has 0 aliphatic carbocycles. The van der Waals surface area contributed by atoms with Gasteiger partial charge < -0.3 is 26.8 Å². The topological polar surface area (TPSA) is 154 Å². The third-order valence-electron chi connectivity index (χ3n) is 5.09. The SMILES string of the molecule is NC(N)=NCCC[C@H](OC(=O)[C@@H]1CCCN1C(=O)[C@H](N)Cc1ccccc1)C(=O)CCl. The number of likely N-dealkylation sites (tertiary alicyclic amines) is 1. The van der Waals surface area contributed by atoms with Crippen molar-refractivity contribution >= 4 is 35.2 Å².